The lowest BCUT2D eigenvalue weighted by molar-refractivity contribution is 0.0697. The van der Waals surface area contributed by atoms with E-state index in [1.165, 1.54) is 12.1 Å². The van der Waals surface area contributed by atoms with Crippen LogP contribution in [0.4, 0.5) is 5.13 Å². The van der Waals surface area contributed by atoms with Gasteiger partial charge in [-0.25, -0.2) is 9.78 Å². The van der Waals surface area contributed by atoms with Crippen molar-refractivity contribution in [2.24, 2.45) is 5.18 Å². The van der Waals surface area contributed by atoms with Crippen molar-refractivity contribution in [2.45, 2.75) is 0 Å². The molecule has 0 bridgehead atoms. The average molecular weight is 208 g/mol. The standard InChI is InChI=1S/C8H4N2O3S/c11-7(12)4-1-2-5-6(3-4)14-8(9-5)10-13/h1-3H,(H,11,12). The van der Waals surface area contributed by atoms with Crippen molar-refractivity contribution in [3.8, 4) is 0 Å². The van der Waals surface area contributed by atoms with Crippen LogP contribution in [0.2, 0.25) is 0 Å². The third-order valence-corrected chi connectivity index (χ3v) is 2.60. The van der Waals surface area contributed by atoms with Gasteiger partial charge in [-0.15, -0.1) is 4.91 Å². The zero-order valence-corrected chi connectivity index (χ0v) is 7.61. The molecule has 0 atom stereocenters. The Labute approximate surface area is 82.0 Å². The predicted molar refractivity (Wildman–Crippen MR) is 52.0 cm³/mol. The average Bonchev–Trinajstić information content (AvgIpc) is 2.58. The van der Waals surface area contributed by atoms with Crippen molar-refractivity contribution in [1.29, 1.82) is 0 Å². The highest BCUT2D eigenvalue weighted by atomic mass is 32.1. The van der Waals surface area contributed by atoms with Crippen molar-refractivity contribution >= 4 is 32.7 Å². The molecule has 2 rings (SSSR count). The predicted octanol–water partition coefficient (Wildman–Crippen LogP) is 2.39. The van der Waals surface area contributed by atoms with Gasteiger partial charge in [-0.1, -0.05) is 11.3 Å². The van der Waals surface area contributed by atoms with Crippen LogP contribution in [0.5, 0.6) is 0 Å². The zero-order valence-electron chi connectivity index (χ0n) is 6.80. The highest BCUT2D eigenvalue weighted by Crippen LogP contribution is 2.28. The molecule has 1 heterocycles. The molecule has 2 aromatic rings. The van der Waals surface area contributed by atoms with Crippen LogP contribution in [0.3, 0.4) is 0 Å². The molecule has 0 aliphatic heterocycles. The number of rotatable bonds is 2. The van der Waals surface area contributed by atoms with Gasteiger partial charge in [0.1, 0.15) is 0 Å². The van der Waals surface area contributed by atoms with Crippen LogP contribution in [0.1, 0.15) is 10.4 Å². The summed E-state index contributed by atoms with van der Waals surface area (Å²) >= 11 is 1.08. The summed E-state index contributed by atoms with van der Waals surface area (Å²) in [6.45, 7) is 0. The van der Waals surface area contributed by atoms with Gasteiger partial charge in [-0.3, -0.25) is 0 Å². The van der Waals surface area contributed by atoms with E-state index >= 15 is 0 Å². The van der Waals surface area contributed by atoms with E-state index in [-0.39, 0.29) is 10.7 Å². The Morgan fingerprint density at radius 3 is 2.93 bits per heavy atom. The molecule has 0 saturated heterocycles. The molecule has 0 fully saturated rings. The second-order valence-electron chi connectivity index (χ2n) is 2.58. The highest BCUT2D eigenvalue weighted by Gasteiger charge is 2.07. The molecule has 0 radical (unpaired) electrons. The molecule has 0 amide bonds. The molecule has 1 N–H and O–H groups in total. The third kappa shape index (κ3) is 1.35. The van der Waals surface area contributed by atoms with Gasteiger partial charge in [0.15, 0.2) is 0 Å². The lowest BCUT2D eigenvalue weighted by Crippen LogP contribution is -1.94. The Morgan fingerprint density at radius 1 is 1.50 bits per heavy atom. The summed E-state index contributed by atoms with van der Waals surface area (Å²) in [6, 6.07) is 4.48. The number of aromatic carboxylic acids is 1. The maximum Gasteiger partial charge on any atom is 0.335 e. The summed E-state index contributed by atoms with van der Waals surface area (Å²) in [4.78, 5) is 24.7. The van der Waals surface area contributed by atoms with E-state index in [0.717, 1.165) is 11.3 Å². The molecule has 0 aliphatic rings. The SMILES string of the molecule is O=Nc1nc2ccc(C(=O)O)cc2s1. The summed E-state index contributed by atoms with van der Waals surface area (Å²) in [5, 5.41) is 11.5. The molecule has 1 aromatic carbocycles. The van der Waals surface area contributed by atoms with E-state index in [9.17, 15) is 9.70 Å². The number of hydrogen-bond acceptors (Lipinski definition) is 5. The summed E-state index contributed by atoms with van der Waals surface area (Å²) in [5.74, 6) is -0.999. The van der Waals surface area contributed by atoms with E-state index in [2.05, 4.69) is 10.2 Å². The minimum Gasteiger partial charge on any atom is -0.478 e. The quantitative estimate of drug-likeness (QED) is 0.768. The first-order chi connectivity index (χ1) is 6.70. The van der Waals surface area contributed by atoms with Gasteiger partial charge >= 0.3 is 5.97 Å². The topological polar surface area (TPSA) is 79.6 Å². The Hall–Kier alpha value is -1.82. The molecule has 0 spiro atoms. The van der Waals surface area contributed by atoms with Crippen molar-refractivity contribution < 1.29 is 9.90 Å². The fourth-order valence-electron chi connectivity index (χ4n) is 1.08. The number of carboxylic acid groups (broad SMARTS) is 1. The lowest BCUT2D eigenvalue weighted by atomic mass is 10.2. The van der Waals surface area contributed by atoms with E-state index in [4.69, 9.17) is 5.11 Å². The molecular weight excluding hydrogens is 204 g/mol. The van der Waals surface area contributed by atoms with Crippen molar-refractivity contribution in [3.05, 3.63) is 28.7 Å². The second kappa shape index (κ2) is 3.15. The summed E-state index contributed by atoms with van der Waals surface area (Å²) in [7, 11) is 0. The van der Waals surface area contributed by atoms with Crippen LogP contribution in [-0.4, -0.2) is 16.1 Å². The van der Waals surface area contributed by atoms with Gasteiger partial charge < -0.3 is 5.11 Å². The van der Waals surface area contributed by atoms with Gasteiger partial charge in [0.2, 0.25) is 0 Å². The van der Waals surface area contributed by atoms with Gasteiger partial charge in [0.25, 0.3) is 5.13 Å². The first-order valence-corrected chi connectivity index (χ1v) is 4.49. The maximum atomic E-state index is 10.6. The number of nitrogens with zero attached hydrogens (tertiary/aromatic N) is 2. The zero-order chi connectivity index (χ0) is 10.1. The first-order valence-electron chi connectivity index (χ1n) is 3.68. The Kier molecular flexibility index (Phi) is 1.97. The van der Waals surface area contributed by atoms with Gasteiger partial charge in [-0.2, -0.15) is 0 Å². The first kappa shape index (κ1) is 8.76. The largest absolute Gasteiger partial charge is 0.478 e. The minimum atomic E-state index is -0.999. The number of nitroso groups, excluding NO2 is 1. The van der Waals surface area contributed by atoms with Crippen LogP contribution in [0.25, 0.3) is 10.2 Å². The molecule has 1 aromatic heterocycles. The molecule has 6 heteroatoms. The molecule has 5 nitrogen and oxygen atoms in total. The number of hydrogen-bond donors (Lipinski definition) is 1. The van der Waals surface area contributed by atoms with E-state index in [0.29, 0.717) is 10.2 Å². The Bertz CT molecular complexity index is 520. The Balaban J connectivity index is 2.65. The van der Waals surface area contributed by atoms with Crippen LogP contribution < -0.4 is 0 Å². The summed E-state index contributed by atoms with van der Waals surface area (Å²) in [6.07, 6.45) is 0. The number of benzene rings is 1. The molecular formula is C8H4N2O3S. The van der Waals surface area contributed by atoms with E-state index in [1.54, 1.807) is 6.07 Å². The van der Waals surface area contributed by atoms with E-state index < -0.39 is 5.97 Å². The van der Waals surface area contributed by atoms with Crippen molar-refractivity contribution in [1.82, 2.24) is 4.98 Å². The van der Waals surface area contributed by atoms with Gasteiger partial charge in [-0.05, 0) is 18.2 Å². The van der Waals surface area contributed by atoms with Crippen molar-refractivity contribution in [2.75, 3.05) is 0 Å². The Morgan fingerprint density at radius 2 is 2.29 bits per heavy atom. The molecule has 0 unspecified atom stereocenters. The number of fused-ring (bicyclic) bond motifs is 1. The molecule has 70 valence electrons. The summed E-state index contributed by atoms with van der Waals surface area (Å²) in [5.41, 5.74) is 0.771. The third-order valence-electron chi connectivity index (χ3n) is 1.70. The smallest absolute Gasteiger partial charge is 0.335 e. The van der Waals surface area contributed by atoms with Gasteiger partial charge in [0, 0.05) is 5.18 Å². The normalized spacial score (nSPS) is 10.3. The fourth-order valence-corrected chi connectivity index (χ4v) is 1.87. The lowest BCUT2D eigenvalue weighted by Gasteiger charge is -1.91. The molecule has 0 saturated carbocycles. The number of carbonyl (C=O) groups is 1. The number of aromatic nitrogens is 1. The minimum absolute atomic E-state index is 0.113. The summed E-state index contributed by atoms with van der Waals surface area (Å²) < 4.78 is 0.652. The number of thiazole rings is 1. The fraction of sp³-hybridized carbons (Fsp3) is 0. The second-order valence-corrected chi connectivity index (χ2v) is 3.58. The van der Waals surface area contributed by atoms with Crippen molar-refractivity contribution in [3.63, 3.8) is 0 Å². The van der Waals surface area contributed by atoms with Crippen LogP contribution >= 0.6 is 11.3 Å². The monoisotopic (exact) mass is 208 g/mol. The van der Waals surface area contributed by atoms with E-state index in [1.807, 2.05) is 0 Å². The molecule has 14 heavy (non-hydrogen) atoms. The maximum absolute atomic E-state index is 10.6. The van der Waals surface area contributed by atoms with Crippen LogP contribution in [0, 0.1) is 4.91 Å². The van der Waals surface area contributed by atoms with Crippen LogP contribution in [0.15, 0.2) is 23.4 Å². The molecule has 0 aliphatic carbocycles. The van der Waals surface area contributed by atoms with Crippen LogP contribution in [-0.2, 0) is 0 Å². The van der Waals surface area contributed by atoms with Gasteiger partial charge in [0.05, 0.1) is 15.8 Å². The highest BCUT2D eigenvalue weighted by molar-refractivity contribution is 7.21. The number of carboxylic acids is 1.